The lowest BCUT2D eigenvalue weighted by molar-refractivity contribution is -0.123. The summed E-state index contributed by atoms with van der Waals surface area (Å²) in [4.78, 5) is 28.3. The summed E-state index contributed by atoms with van der Waals surface area (Å²) >= 11 is 8.06. The number of carbonyl (C=O) groups is 2. The third-order valence-electron chi connectivity index (χ3n) is 6.39. The Bertz CT molecular complexity index is 1500. The Morgan fingerprint density at radius 3 is 2.56 bits per heavy atom. The second-order valence-electron chi connectivity index (χ2n) is 10.3. The summed E-state index contributed by atoms with van der Waals surface area (Å²) in [6.07, 6.45) is 1.54. The Kier molecular flexibility index (Phi) is 7.55. The van der Waals surface area contributed by atoms with Crippen molar-refractivity contribution >= 4 is 41.0 Å². The van der Waals surface area contributed by atoms with Gasteiger partial charge in [0.2, 0.25) is 11.8 Å². The van der Waals surface area contributed by atoms with Crippen molar-refractivity contribution in [3.8, 4) is 5.69 Å². The first-order valence-electron chi connectivity index (χ1n) is 12.5. The summed E-state index contributed by atoms with van der Waals surface area (Å²) in [5.74, 6) is 0.271. The van der Waals surface area contributed by atoms with Gasteiger partial charge < -0.3 is 9.73 Å². The third kappa shape index (κ3) is 5.60. The summed E-state index contributed by atoms with van der Waals surface area (Å²) < 4.78 is 20.8. The topological polar surface area (TPSA) is 80.4 Å². The number of halogens is 2. The predicted molar refractivity (Wildman–Crippen MR) is 151 cm³/mol. The van der Waals surface area contributed by atoms with Crippen LogP contribution in [0.3, 0.4) is 0 Å². The second kappa shape index (κ2) is 10.9. The van der Waals surface area contributed by atoms with Crippen molar-refractivity contribution in [2.75, 3.05) is 17.2 Å². The SMILES string of the molecule is CC(C)(C)c1nn(-c2ccccc2Cl)c2c1C(c1ccc(F)cc1)SCC(=O)N2CC(=O)NCc1ccco1. The molecule has 5 rings (SSSR count). The van der Waals surface area contributed by atoms with Crippen LogP contribution in [0.1, 0.15) is 48.6 Å². The van der Waals surface area contributed by atoms with Crippen LogP contribution in [0.5, 0.6) is 0 Å². The zero-order valence-electron chi connectivity index (χ0n) is 21.8. The van der Waals surface area contributed by atoms with Gasteiger partial charge in [-0.25, -0.2) is 9.07 Å². The van der Waals surface area contributed by atoms with Crippen LogP contribution in [0.2, 0.25) is 5.02 Å². The summed E-state index contributed by atoms with van der Waals surface area (Å²) in [5.41, 5.74) is 2.56. The van der Waals surface area contributed by atoms with E-state index < -0.39 is 5.41 Å². The van der Waals surface area contributed by atoms with Gasteiger partial charge in [-0.05, 0) is 42.0 Å². The highest BCUT2D eigenvalue weighted by Crippen LogP contribution is 2.48. The van der Waals surface area contributed by atoms with E-state index in [0.29, 0.717) is 22.3 Å². The van der Waals surface area contributed by atoms with Crippen molar-refractivity contribution in [2.24, 2.45) is 0 Å². The van der Waals surface area contributed by atoms with E-state index >= 15 is 0 Å². The van der Waals surface area contributed by atoms with Gasteiger partial charge in [-0.15, -0.1) is 11.8 Å². The highest BCUT2D eigenvalue weighted by Gasteiger charge is 2.40. The average Bonchev–Trinajstić information content (AvgIpc) is 3.53. The molecule has 1 aliphatic rings. The van der Waals surface area contributed by atoms with E-state index in [-0.39, 0.29) is 41.7 Å². The minimum absolute atomic E-state index is 0.119. The van der Waals surface area contributed by atoms with Crippen molar-refractivity contribution in [1.29, 1.82) is 0 Å². The van der Waals surface area contributed by atoms with Crippen LogP contribution in [0.4, 0.5) is 10.2 Å². The number of hydrogen-bond donors (Lipinski definition) is 1. The van der Waals surface area contributed by atoms with E-state index in [4.69, 9.17) is 21.1 Å². The molecular formula is C29H28ClFN4O3S. The first-order valence-corrected chi connectivity index (χ1v) is 13.9. The number of nitrogens with zero attached hydrogens (tertiary/aromatic N) is 3. The van der Waals surface area contributed by atoms with Gasteiger partial charge in [0, 0.05) is 11.0 Å². The van der Waals surface area contributed by atoms with E-state index in [0.717, 1.165) is 16.8 Å². The van der Waals surface area contributed by atoms with E-state index in [1.54, 1.807) is 35.0 Å². The van der Waals surface area contributed by atoms with Crippen LogP contribution >= 0.6 is 23.4 Å². The molecule has 10 heteroatoms. The van der Waals surface area contributed by atoms with Gasteiger partial charge in [-0.3, -0.25) is 14.5 Å². The lowest BCUT2D eigenvalue weighted by Gasteiger charge is -2.24. The number of carbonyl (C=O) groups excluding carboxylic acids is 2. The fraction of sp³-hybridized carbons (Fsp3) is 0.276. The molecule has 2 amide bonds. The number of amides is 2. The maximum absolute atomic E-state index is 13.9. The molecule has 0 saturated heterocycles. The molecule has 2 aromatic carbocycles. The van der Waals surface area contributed by atoms with Gasteiger partial charge >= 0.3 is 0 Å². The molecule has 202 valence electrons. The molecule has 7 nitrogen and oxygen atoms in total. The molecule has 0 aliphatic carbocycles. The summed E-state index contributed by atoms with van der Waals surface area (Å²) in [5, 5.41) is 7.97. The monoisotopic (exact) mass is 566 g/mol. The Morgan fingerprint density at radius 1 is 1.15 bits per heavy atom. The molecule has 0 spiro atoms. The largest absolute Gasteiger partial charge is 0.467 e. The third-order valence-corrected chi connectivity index (χ3v) is 7.97. The minimum atomic E-state index is -0.421. The van der Waals surface area contributed by atoms with Crippen LogP contribution in [0, 0.1) is 5.82 Å². The number of hydrogen-bond acceptors (Lipinski definition) is 5. The van der Waals surface area contributed by atoms with Gasteiger partial charge in [0.15, 0.2) is 0 Å². The summed E-state index contributed by atoms with van der Waals surface area (Å²) in [7, 11) is 0. The molecule has 0 saturated carbocycles. The number of thioether (sulfide) groups is 1. The normalized spacial score (nSPS) is 15.7. The molecule has 1 atom stereocenters. The second-order valence-corrected chi connectivity index (χ2v) is 11.8. The molecule has 1 aliphatic heterocycles. The first-order chi connectivity index (χ1) is 18.6. The molecular weight excluding hydrogens is 539 g/mol. The number of nitrogens with one attached hydrogen (secondary N) is 1. The van der Waals surface area contributed by atoms with Crippen molar-refractivity contribution in [1.82, 2.24) is 15.1 Å². The van der Waals surface area contributed by atoms with Crippen LogP contribution in [0.15, 0.2) is 71.3 Å². The Labute approximate surface area is 235 Å². The average molecular weight is 567 g/mol. The number of furan rings is 1. The minimum Gasteiger partial charge on any atom is -0.467 e. The summed E-state index contributed by atoms with van der Waals surface area (Å²) in [6, 6.07) is 17.0. The van der Waals surface area contributed by atoms with Gasteiger partial charge in [-0.1, -0.05) is 56.6 Å². The van der Waals surface area contributed by atoms with Gasteiger partial charge in [-0.2, -0.15) is 5.10 Å². The van der Waals surface area contributed by atoms with Crippen LogP contribution in [-0.2, 0) is 21.5 Å². The maximum Gasteiger partial charge on any atom is 0.240 e. The molecule has 2 aromatic heterocycles. The highest BCUT2D eigenvalue weighted by molar-refractivity contribution is 8.00. The molecule has 1 N–H and O–H groups in total. The zero-order chi connectivity index (χ0) is 27.7. The van der Waals surface area contributed by atoms with Crippen molar-refractivity contribution < 1.29 is 18.4 Å². The number of fused-ring (bicyclic) bond motifs is 1. The Balaban J connectivity index is 1.68. The number of anilines is 1. The van der Waals surface area contributed by atoms with E-state index in [2.05, 4.69) is 5.32 Å². The summed E-state index contributed by atoms with van der Waals surface area (Å²) in [6.45, 7) is 6.12. The first kappa shape index (κ1) is 27.0. The van der Waals surface area contributed by atoms with Gasteiger partial charge in [0.25, 0.3) is 0 Å². The molecule has 0 radical (unpaired) electrons. The molecule has 1 unspecified atom stereocenters. The standard InChI is InChI=1S/C29H28ClFN4O3S/c1-29(2,3)27-25-26(18-10-12-19(31)13-11-18)39-17-24(37)34(16-23(36)32-15-20-7-6-14-38-20)28(25)35(33-27)22-9-5-4-8-21(22)30/h4-14,26H,15-17H2,1-3H3,(H,32,36). The predicted octanol–water partition coefficient (Wildman–Crippen LogP) is 6.04. The number of benzene rings is 2. The highest BCUT2D eigenvalue weighted by atomic mass is 35.5. The molecule has 39 heavy (non-hydrogen) atoms. The lowest BCUT2D eigenvalue weighted by Crippen LogP contribution is -2.42. The lowest BCUT2D eigenvalue weighted by atomic mass is 9.87. The van der Waals surface area contributed by atoms with E-state index in [9.17, 15) is 14.0 Å². The quantitative estimate of drug-likeness (QED) is 0.308. The molecule has 0 fully saturated rings. The van der Waals surface area contributed by atoms with Crippen LogP contribution < -0.4 is 10.2 Å². The Morgan fingerprint density at radius 2 is 1.90 bits per heavy atom. The molecule has 4 aromatic rings. The van der Waals surface area contributed by atoms with Crippen molar-refractivity contribution in [2.45, 2.75) is 38.0 Å². The number of para-hydroxylation sites is 1. The fourth-order valence-corrected chi connectivity index (χ4v) is 5.98. The van der Waals surface area contributed by atoms with E-state index in [1.165, 1.54) is 35.1 Å². The Hall–Kier alpha value is -3.56. The van der Waals surface area contributed by atoms with Crippen LogP contribution in [0.25, 0.3) is 5.69 Å². The van der Waals surface area contributed by atoms with Crippen molar-refractivity contribution in [3.63, 3.8) is 0 Å². The van der Waals surface area contributed by atoms with E-state index in [1.807, 2.05) is 39.0 Å². The van der Waals surface area contributed by atoms with Gasteiger partial charge in [0.05, 0.1) is 40.2 Å². The van der Waals surface area contributed by atoms with Gasteiger partial charge in [0.1, 0.15) is 23.9 Å². The number of aromatic nitrogens is 2. The molecule has 3 heterocycles. The number of rotatable bonds is 6. The fourth-order valence-electron chi connectivity index (χ4n) is 4.56. The smallest absolute Gasteiger partial charge is 0.240 e. The zero-order valence-corrected chi connectivity index (χ0v) is 23.4. The molecule has 0 bridgehead atoms. The van der Waals surface area contributed by atoms with Crippen LogP contribution in [-0.4, -0.2) is 33.9 Å². The maximum atomic E-state index is 13.9. The van der Waals surface area contributed by atoms with Crippen molar-refractivity contribution in [3.05, 3.63) is 100 Å².